The first-order valence-corrected chi connectivity index (χ1v) is 13.8. The van der Waals surface area contributed by atoms with Gasteiger partial charge in [0, 0.05) is 65.0 Å². The van der Waals surface area contributed by atoms with Crippen LogP contribution in [0.3, 0.4) is 0 Å². The molecular weight excluding hydrogens is 500 g/mol. The molecule has 10 heteroatoms. The molecule has 0 saturated carbocycles. The Morgan fingerprint density at radius 3 is 2.39 bits per heavy atom. The topological polar surface area (TPSA) is 107 Å². The summed E-state index contributed by atoms with van der Waals surface area (Å²) in [5.74, 6) is -0.724. The third-order valence-electron chi connectivity index (χ3n) is 6.53. The number of carbonyl (C=O) groups is 1. The van der Waals surface area contributed by atoms with E-state index in [0.717, 1.165) is 5.56 Å². The molecule has 0 saturated heterocycles. The zero-order valence-electron chi connectivity index (χ0n) is 20.0. The van der Waals surface area contributed by atoms with Gasteiger partial charge in [-0.25, -0.2) is 8.42 Å². The minimum atomic E-state index is -3.30. The molecule has 0 bridgehead atoms. The summed E-state index contributed by atoms with van der Waals surface area (Å²) < 4.78 is 27.5. The van der Waals surface area contributed by atoms with E-state index in [1.54, 1.807) is 49.6 Å². The summed E-state index contributed by atoms with van der Waals surface area (Å²) in [6, 6.07) is 11.5. The predicted molar refractivity (Wildman–Crippen MR) is 142 cm³/mol. The van der Waals surface area contributed by atoms with E-state index >= 15 is 0 Å². The molecule has 0 fully saturated rings. The van der Waals surface area contributed by atoms with Crippen molar-refractivity contribution in [2.24, 2.45) is 12.8 Å². The van der Waals surface area contributed by atoms with E-state index in [2.05, 4.69) is 0 Å². The molecule has 1 aliphatic heterocycles. The molecule has 3 heterocycles. The van der Waals surface area contributed by atoms with Gasteiger partial charge < -0.3 is 19.8 Å². The second-order valence-corrected chi connectivity index (χ2v) is 11.7. The first kappa shape index (κ1) is 24.1. The maximum atomic E-state index is 13.3. The van der Waals surface area contributed by atoms with Crippen molar-refractivity contribution < 1.29 is 13.2 Å². The number of aryl methyl sites for hydroxylation is 2. The molecule has 5 rings (SSSR count). The van der Waals surface area contributed by atoms with Gasteiger partial charge in [0.25, 0.3) is 5.56 Å². The van der Waals surface area contributed by atoms with Crippen LogP contribution < -0.4 is 16.2 Å². The van der Waals surface area contributed by atoms with Crippen molar-refractivity contribution in [3.05, 3.63) is 81.4 Å². The normalized spacial score (nSPS) is 15.1. The van der Waals surface area contributed by atoms with Crippen molar-refractivity contribution in [3.8, 4) is 11.1 Å². The lowest BCUT2D eigenvalue weighted by molar-refractivity contribution is -0.119. The molecule has 8 nitrogen and oxygen atoms in total. The predicted octanol–water partition coefficient (Wildman–Crippen LogP) is 3.90. The maximum Gasteiger partial charge on any atom is 0.274 e. The number of carbonyl (C=O) groups excluding carboxylic acids is 1. The van der Waals surface area contributed by atoms with Crippen molar-refractivity contribution in [2.45, 2.75) is 25.3 Å². The van der Waals surface area contributed by atoms with E-state index in [1.165, 1.54) is 10.8 Å². The van der Waals surface area contributed by atoms with Gasteiger partial charge in [-0.1, -0.05) is 17.7 Å². The Balaban J connectivity index is 1.96. The molecule has 0 spiro atoms. The Labute approximate surface area is 213 Å². The average molecular weight is 525 g/mol. The van der Waals surface area contributed by atoms with Crippen LogP contribution in [-0.2, 0) is 34.0 Å². The Hall–Kier alpha value is -3.56. The third kappa shape index (κ3) is 3.88. The van der Waals surface area contributed by atoms with Gasteiger partial charge >= 0.3 is 0 Å². The second-order valence-electron chi connectivity index (χ2n) is 9.13. The van der Waals surface area contributed by atoms with Crippen LogP contribution in [0.15, 0.2) is 59.7 Å². The minimum absolute atomic E-state index is 0.141. The number of anilines is 2. The van der Waals surface area contributed by atoms with Crippen LogP contribution in [0.25, 0.3) is 22.0 Å². The summed E-state index contributed by atoms with van der Waals surface area (Å²) in [5, 5.41) is 1.18. The van der Waals surface area contributed by atoms with Crippen molar-refractivity contribution in [3.63, 3.8) is 0 Å². The molecule has 2 aromatic heterocycles. The molecule has 2 aromatic carbocycles. The number of pyridine rings is 1. The van der Waals surface area contributed by atoms with Gasteiger partial charge in [-0.05, 0) is 48.9 Å². The Kier molecular flexibility index (Phi) is 5.72. The van der Waals surface area contributed by atoms with Crippen LogP contribution in [0.4, 0.5) is 11.4 Å². The molecule has 1 aliphatic rings. The number of amides is 1. The zero-order chi connectivity index (χ0) is 25.9. The second kappa shape index (κ2) is 8.53. The van der Waals surface area contributed by atoms with Gasteiger partial charge in [-0.15, -0.1) is 0 Å². The maximum absolute atomic E-state index is 13.3. The van der Waals surface area contributed by atoms with E-state index in [0.29, 0.717) is 50.5 Å². The van der Waals surface area contributed by atoms with Crippen molar-refractivity contribution in [2.75, 3.05) is 11.2 Å². The fraction of sp³-hybridized carbons (Fsp3) is 0.231. The van der Waals surface area contributed by atoms with Crippen LogP contribution in [0, 0.1) is 0 Å². The van der Waals surface area contributed by atoms with E-state index < -0.39 is 21.8 Å². The smallest absolute Gasteiger partial charge is 0.274 e. The van der Waals surface area contributed by atoms with Crippen LogP contribution >= 0.6 is 11.6 Å². The lowest BCUT2D eigenvalue weighted by atomic mass is 9.98. The van der Waals surface area contributed by atoms with Crippen LogP contribution in [0.5, 0.6) is 0 Å². The number of sulfone groups is 1. The average Bonchev–Trinajstić information content (AvgIpc) is 3.14. The molecule has 1 atom stereocenters. The first-order valence-electron chi connectivity index (χ1n) is 11.4. The Morgan fingerprint density at radius 2 is 1.78 bits per heavy atom. The lowest BCUT2D eigenvalue weighted by Crippen LogP contribution is -2.34. The molecule has 36 heavy (non-hydrogen) atoms. The molecule has 1 amide bonds. The summed E-state index contributed by atoms with van der Waals surface area (Å²) >= 11 is 6.15. The molecule has 4 aromatic rings. The van der Waals surface area contributed by atoms with Gasteiger partial charge in [0.05, 0.1) is 11.4 Å². The molecule has 0 radical (unpaired) electrons. The fourth-order valence-electron chi connectivity index (χ4n) is 5.09. The Morgan fingerprint density at radius 1 is 1.08 bits per heavy atom. The largest absolute Gasteiger partial charge is 0.368 e. The molecular formula is C26H25ClN4O4S. The number of nitrogens with zero attached hydrogens (tertiary/aromatic N) is 3. The van der Waals surface area contributed by atoms with Gasteiger partial charge in [-0.3, -0.25) is 9.59 Å². The number of halogens is 1. The summed E-state index contributed by atoms with van der Waals surface area (Å²) in [5.41, 5.74) is 10.3. The summed E-state index contributed by atoms with van der Waals surface area (Å²) in [6.07, 6.45) is 4.74. The highest BCUT2D eigenvalue weighted by Crippen LogP contribution is 2.48. The van der Waals surface area contributed by atoms with Crippen LogP contribution in [-0.4, -0.2) is 29.7 Å². The SMILES string of the molecule is CCn1cc2c3c(cn(C)c(=O)c31)-c1cc(CS(C)(=O)=O)ccc1N(c1ccc(Cl)cc1)C2C(N)=O. The number of hydrogen-bond acceptors (Lipinski definition) is 5. The van der Waals surface area contributed by atoms with Crippen molar-refractivity contribution in [1.82, 2.24) is 9.13 Å². The van der Waals surface area contributed by atoms with Crippen molar-refractivity contribution in [1.29, 1.82) is 0 Å². The lowest BCUT2D eigenvalue weighted by Gasteiger charge is -2.32. The fourth-order valence-corrected chi connectivity index (χ4v) is 6.00. The van der Waals surface area contributed by atoms with Crippen LogP contribution in [0.2, 0.25) is 5.02 Å². The number of nitrogens with two attached hydrogens (primary N) is 1. The number of benzene rings is 2. The molecule has 186 valence electrons. The first-order chi connectivity index (χ1) is 17.0. The number of rotatable bonds is 5. The molecule has 1 unspecified atom stereocenters. The minimum Gasteiger partial charge on any atom is -0.368 e. The number of fused-ring (bicyclic) bond motifs is 2. The highest BCUT2D eigenvalue weighted by Gasteiger charge is 2.37. The van der Waals surface area contributed by atoms with Crippen LogP contribution in [0.1, 0.15) is 24.1 Å². The summed E-state index contributed by atoms with van der Waals surface area (Å²) in [4.78, 5) is 28.2. The standard InChI is InChI=1S/C26H25ClN4O4S/c1-4-30-13-20-22-19(12-29(2)26(33)24(22)30)18-11-15(14-36(3,34)35)5-10-21(18)31(23(20)25(28)32)17-8-6-16(27)7-9-17/h5-13,23H,4,14H2,1-3H3,(H2,28,32). The number of hydrogen-bond donors (Lipinski definition) is 1. The van der Waals surface area contributed by atoms with Gasteiger partial charge in [0.2, 0.25) is 5.91 Å². The summed E-state index contributed by atoms with van der Waals surface area (Å²) in [7, 11) is -1.62. The van der Waals surface area contributed by atoms with Gasteiger partial charge in [0.1, 0.15) is 11.6 Å². The Bertz CT molecular complexity index is 1700. The van der Waals surface area contributed by atoms with Crippen molar-refractivity contribution >= 4 is 49.6 Å². The van der Waals surface area contributed by atoms with E-state index in [4.69, 9.17) is 17.3 Å². The van der Waals surface area contributed by atoms with E-state index in [-0.39, 0.29) is 11.3 Å². The highest BCUT2D eigenvalue weighted by molar-refractivity contribution is 7.89. The summed E-state index contributed by atoms with van der Waals surface area (Å²) in [6.45, 7) is 2.44. The number of primary amides is 1. The number of aromatic nitrogens is 2. The van der Waals surface area contributed by atoms with Gasteiger partial charge in [0.15, 0.2) is 9.84 Å². The quantitative estimate of drug-likeness (QED) is 0.426. The highest BCUT2D eigenvalue weighted by atomic mass is 35.5. The molecule has 2 N–H and O–H groups in total. The van der Waals surface area contributed by atoms with Gasteiger partial charge in [-0.2, -0.15) is 0 Å². The zero-order valence-corrected chi connectivity index (χ0v) is 21.6. The third-order valence-corrected chi connectivity index (χ3v) is 7.64. The molecule has 0 aliphatic carbocycles. The monoisotopic (exact) mass is 524 g/mol. The van der Waals surface area contributed by atoms with E-state index in [1.807, 2.05) is 28.7 Å². The van der Waals surface area contributed by atoms with E-state index in [9.17, 15) is 18.0 Å².